The zero-order valence-electron chi connectivity index (χ0n) is 23.2. The Bertz CT molecular complexity index is 1170. The number of ether oxygens (including phenoxy) is 4. The van der Waals surface area contributed by atoms with Crippen molar-refractivity contribution in [1.29, 1.82) is 0 Å². The zero-order valence-corrected chi connectivity index (χ0v) is 23.2. The van der Waals surface area contributed by atoms with E-state index in [1.165, 1.54) is 13.3 Å². The molecule has 2 aromatic rings. The molecule has 2 heterocycles. The Balaban J connectivity index is 1.57. The molecule has 0 bridgehead atoms. The van der Waals surface area contributed by atoms with E-state index in [-0.39, 0.29) is 25.5 Å². The number of benzene rings is 1. The van der Waals surface area contributed by atoms with Gasteiger partial charge in [0.25, 0.3) is 0 Å². The van der Waals surface area contributed by atoms with E-state index < -0.39 is 24.0 Å². The first kappa shape index (κ1) is 30.4. The molecule has 40 heavy (non-hydrogen) atoms. The first-order chi connectivity index (χ1) is 19.1. The summed E-state index contributed by atoms with van der Waals surface area (Å²) in [6.07, 6.45) is 3.20. The SMILES string of the molecule is COC(=O)c1ccnc(/C(COc2ccc(NC(=O)CCNC(=O)OC(C)(C)C)cc2)=N/OC2CCCCO2)c1. The number of hydrogen-bond donors (Lipinski definition) is 2. The summed E-state index contributed by atoms with van der Waals surface area (Å²) in [5.41, 5.74) is 1.02. The highest BCUT2D eigenvalue weighted by atomic mass is 16.8. The van der Waals surface area contributed by atoms with E-state index in [4.69, 9.17) is 23.8 Å². The van der Waals surface area contributed by atoms with Crippen LogP contribution in [0, 0.1) is 0 Å². The monoisotopic (exact) mass is 556 g/mol. The van der Waals surface area contributed by atoms with Crippen molar-refractivity contribution in [3.8, 4) is 5.75 Å². The van der Waals surface area contributed by atoms with Gasteiger partial charge in [0.05, 0.1) is 25.0 Å². The lowest BCUT2D eigenvalue weighted by molar-refractivity contribution is -0.162. The van der Waals surface area contributed by atoms with E-state index in [0.29, 0.717) is 35.0 Å². The minimum absolute atomic E-state index is 0.00755. The van der Waals surface area contributed by atoms with Gasteiger partial charge in [0, 0.05) is 31.3 Å². The Morgan fingerprint density at radius 3 is 2.58 bits per heavy atom. The van der Waals surface area contributed by atoms with Gasteiger partial charge in [-0.25, -0.2) is 9.59 Å². The number of esters is 1. The number of oxime groups is 1. The van der Waals surface area contributed by atoms with E-state index >= 15 is 0 Å². The molecule has 3 rings (SSSR count). The molecule has 0 saturated carbocycles. The molecular formula is C28H36N4O8. The van der Waals surface area contributed by atoms with Crippen LogP contribution in [0.1, 0.15) is 62.5 Å². The van der Waals surface area contributed by atoms with E-state index in [2.05, 4.69) is 20.8 Å². The highest BCUT2D eigenvalue weighted by Crippen LogP contribution is 2.18. The van der Waals surface area contributed by atoms with E-state index in [1.54, 1.807) is 57.2 Å². The van der Waals surface area contributed by atoms with Gasteiger partial charge < -0.3 is 34.4 Å². The summed E-state index contributed by atoms with van der Waals surface area (Å²) >= 11 is 0. The largest absolute Gasteiger partial charge is 0.487 e. The lowest BCUT2D eigenvalue weighted by atomic mass is 10.2. The molecule has 2 amide bonds. The van der Waals surface area contributed by atoms with Gasteiger partial charge in [0.15, 0.2) is 0 Å². The van der Waals surface area contributed by atoms with Gasteiger partial charge in [-0.1, -0.05) is 5.16 Å². The zero-order chi connectivity index (χ0) is 29.0. The van der Waals surface area contributed by atoms with Crippen LogP contribution >= 0.6 is 0 Å². The van der Waals surface area contributed by atoms with Crippen LogP contribution in [0.15, 0.2) is 47.8 Å². The highest BCUT2D eigenvalue weighted by Gasteiger charge is 2.18. The lowest BCUT2D eigenvalue weighted by Gasteiger charge is -2.20. The van der Waals surface area contributed by atoms with Crippen molar-refractivity contribution in [3.05, 3.63) is 53.9 Å². The minimum atomic E-state index is -0.608. The van der Waals surface area contributed by atoms with E-state index in [9.17, 15) is 14.4 Å². The molecule has 0 radical (unpaired) electrons. The van der Waals surface area contributed by atoms with Crippen molar-refractivity contribution in [3.63, 3.8) is 0 Å². The van der Waals surface area contributed by atoms with Crippen molar-refractivity contribution >= 4 is 29.4 Å². The molecule has 1 aliphatic rings. The second kappa shape index (κ2) is 14.8. The first-order valence-corrected chi connectivity index (χ1v) is 13.0. The van der Waals surface area contributed by atoms with Crippen molar-refractivity contribution in [2.24, 2.45) is 5.16 Å². The third-order valence-corrected chi connectivity index (χ3v) is 5.43. The lowest BCUT2D eigenvalue weighted by Crippen LogP contribution is -2.34. The van der Waals surface area contributed by atoms with Crippen LogP contribution in [0.4, 0.5) is 10.5 Å². The first-order valence-electron chi connectivity index (χ1n) is 13.0. The molecule has 1 fully saturated rings. The standard InChI is InChI=1S/C28H36N4O8/c1-28(2,3)39-27(35)30-15-13-24(33)31-20-8-10-21(11-9-20)38-18-23(32-40-25-7-5-6-16-37-25)22-17-19(12-14-29-22)26(34)36-4/h8-12,14,17,25H,5-7,13,15-16,18H2,1-4H3,(H,30,35)(H,31,33)/b32-23+. The Morgan fingerprint density at radius 1 is 1.12 bits per heavy atom. The maximum atomic E-state index is 12.2. The van der Waals surface area contributed by atoms with Gasteiger partial charge in [-0.2, -0.15) is 0 Å². The summed E-state index contributed by atoms with van der Waals surface area (Å²) in [7, 11) is 1.30. The van der Waals surface area contributed by atoms with Gasteiger partial charge in [0.2, 0.25) is 12.2 Å². The van der Waals surface area contributed by atoms with Crippen LogP contribution in [0.25, 0.3) is 0 Å². The third-order valence-electron chi connectivity index (χ3n) is 5.43. The Kier molecular flexibility index (Phi) is 11.2. The molecule has 12 nitrogen and oxygen atoms in total. The predicted molar refractivity (Wildman–Crippen MR) is 146 cm³/mol. The molecule has 0 spiro atoms. The molecule has 1 unspecified atom stereocenters. The summed E-state index contributed by atoms with van der Waals surface area (Å²) < 4.78 is 21.4. The summed E-state index contributed by atoms with van der Waals surface area (Å²) in [5.74, 6) is -0.258. The molecule has 1 aliphatic heterocycles. The molecule has 2 N–H and O–H groups in total. The normalized spacial score (nSPS) is 15.5. The quantitative estimate of drug-likeness (QED) is 0.238. The van der Waals surface area contributed by atoms with Crippen LogP contribution in [-0.2, 0) is 23.8 Å². The Labute approximate surface area is 233 Å². The number of amides is 2. The second-order valence-corrected chi connectivity index (χ2v) is 9.90. The number of methoxy groups -OCH3 is 1. The van der Waals surface area contributed by atoms with Crippen LogP contribution in [0.3, 0.4) is 0 Å². The van der Waals surface area contributed by atoms with E-state index in [0.717, 1.165) is 19.3 Å². The van der Waals surface area contributed by atoms with Crippen LogP contribution in [0.2, 0.25) is 0 Å². The van der Waals surface area contributed by atoms with Gasteiger partial charge in [0.1, 0.15) is 23.7 Å². The highest BCUT2D eigenvalue weighted by molar-refractivity contribution is 6.01. The smallest absolute Gasteiger partial charge is 0.407 e. The number of aromatic nitrogens is 1. The number of hydrogen-bond acceptors (Lipinski definition) is 10. The number of pyridine rings is 1. The molecule has 1 aromatic carbocycles. The van der Waals surface area contributed by atoms with E-state index in [1.807, 2.05) is 0 Å². The van der Waals surface area contributed by atoms with Crippen LogP contribution in [0.5, 0.6) is 5.75 Å². The maximum absolute atomic E-state index is 12.2. The summed E-state index contributed by atoms with van der Waals surface area (Å²) in [5, 5.41) is 9.54. The second-order valence-electron chi connectivity index (χ2n) is 9.90. The molecule has 1 saturated heterocycles. The number of alkyl carbamates (subject to hydrolysis) is 1. The topological polar surface area (TPSA) is 147 Å². The fourth-order valence-corrected chi connectivity index (χ4v) is 3.50. The Hall–Kier alpha value is -4.19. The van der Waals surface area contributed by atoms with Crippen LogP contribution in [-0.4, -0.2) is 67.4 Å². The molecule has 12 heteroatoms. The van der Waals surface area contributed by atoms with Crippen molar-refractivity contribution in [1.82, 2.24) is 10.3 Å². The summed E-state index contributed by atoms with van der Waals surface area (Å²) in [6.45, 7) is 6.03. The average Bonchev–Trinajstić information content (AvgIpc) is 2.93. The number of nitrogens with one attached hydrogen (secondary N) is 2. The summed E-state index contributed by atoms with van der Waals surface area (Å²) in [6, 6.07) is 9.85. The number of nitrogens with zero attached hydrogens (tertiary/aromatic N) is 2. The van der Waals surface area contributed by atoms with Gasteiger partial charge >= 0.3 is 12.1 Å². The van der Waals surface area contributed by atoms with Crippen LogP contribution < -0.4 is 15.4 Å². The molecule has 216 valence electrons. The molecule has 0 aliphatic carbocycles. The summed E-state index contributed by atoms with van der Waals surface area (Å²) in [4.78, 5) is 45.8. The number of rotatable bonds is 11. The maximum Gasteiger partial charge on any atom is 0.407 e. The van der Waals surface area contributed by atoms with Crippen molar-refractivity contribution in [2.45, 2.75) is 58.3 Å². The van der Waals surface area contributed by atoms with Gasteiger partial charge in [-0.05, 0) is 70.0 Å². The van der Waals surface area contributed by atoms with Crippen molar-refractivity contribution < 1.29 is 38.2 Å². The minimum Gasteiger partial charge on any atom is -0.487 e. The predicted octanol–water partition coefficient (Wildman–Crippen LogP) is 4.05. The third kappa shape index (κ3) is 10.5. The van der Waals surface area contributed by atoms with Crippen molar-refractivity contribution in [2.75, 3.05) is 32.2 Å². The number of carbonyl (C=O) groups excluding carboxylic acids is 3. The Morgan fingerprint density at radius 2 is 1.90 bits per heavy atom. The van der Waals surface area contributed by atoms with Gasteiger partial charge in [-0.3, -0.25) is 9.78 Å². The average molecular weight is 557 g/mol. The molecular weight excluding hydrogens is 520 g/mol. The molecule has 1 atom stereocenters. The fourth-order valence-electron chi connectivity index (χ4n) is 3.50. The van der Waals surface area contributed by atoms with Gasteiger partial charge in [-0.15, -0.1) is 0 Å². The fraction of sp³-hybridized carbons (Fsp3) is 0.464. The molecule has 1 aromatic heterocycles. The number of carbonyl (C=O) groups is 3. The number of anilines is 1.